The summed E-state index contributed by atoms with van der Waals surface area (Å²) >= 11 is 0. The largest absolute Gasteiger partial charge is 0.478 e. The molecule has 0 radical (unpaired) electrons. The molecule has 0 aliphatic heterocycles. The maximum Gasteiger partial charge on any atom is 0.404 e. The Morgan fingerprint density at radius 1 is 1.35 bits per heavy atom. The minimum Gasteiger partial charge on any atom is -0.478 e. The van der Waals surface area contributed by atoms with Gasteiger partial charge in [-0.05, 0) is 13.3 Å². The molecule has 0 saturated carbocycles. The molecule has 0 atom stereocenters. The van der Waals surface area contributed by atoms with Gasteiger partial charge in [0.05, 0.1) is 6.61 Å². The number of carboxylic acid groups (broad SMARTS) is 2. The Balaban J connectivity index is 0. The van der Waals surface area contributed by atoms with Crippen LogP contribution in [0.2, 0.25) is 0 Å². The van der Waals surface area contributed by atoms with Gasteiger partial charge in [0.25, 0.3) is 0 Å². The van der Waals surface area contributed by atoms with Gasteiger partial charge >= 0.3 is 18.0 Å². The van der Waals surface area contributed by atoms with Crippen molar-refractivity contribution < 1.29 is 29.3 Å². The van der Waals surface area contributed by atoms with Crippen molar-refractivity contribution in [2.24, 2.45) is 5.73 Å². The molecule has 7 heteroatoms. The normalized spacial score (nSPS) is 9.00. The van der Waals surface area contributed by atoms with E-state index in [0.717, 1.165) is 6.08 Å². The Hall–Kier alpha value is -2.31. The van der Waals surface area contributed by atoms with Gasteiger partial charge in [0.15, 0.2) is 0 Å². The number of allylic oxidation sites excluding steroid dienone is 1. The molecule has 0 spiro atoms. The Labute approximate surface area is 98.2 Å². The van der Waals surface area contributed by atoms with E-state index in [9.17, 15) is 14.4 Å². The van der Waals surface area contributed by atoms with Crippen LogP contribution in [-0.4, -0.2) is 34.9 Å². The van der Waals surface area contributed by atoms with Crippen LogP contribution < -0.4 is 5.73 Å². The molecular formula is C10H15NO6. The zero-order valence-corrected chi connectivity index (χ0v) is 9.38. The Morgan fingerprint density at radius 2 is 1.88 bits per heavy atom. The van der Waals surface area contributed by atoms with Gasteiger partial charge in [0.1, 0.15) is 0 Å². The quantitative estimate of drug-likeness (QED) is 0.613. The van der Waals surface area contributed by atoms with Crippen LogP contribution in [0.5, 0.6) is 0 Å². The summed E-state index contributed by atoms with van der Waals surface area (Å²) in [4.78, 5) is 29.6. The number of aliphatic carboxylic acids is 2. The van der Waals surface area contributed by atoms with E-state index < -0.39 is 18.0 Å². The number of hydrogen-bond donors (Lipinski definition) is 3. The summed E-state index contributed by atoms with van der Waals surface area (Å²) in [6.45, 7) is 5.26. The van der Waals surface area contributed by atoms with Crippen LogP contribution in [-0.2, 0) is 14.3 Å². The molecule has 0 aromatic carbocycles. The smallest absolute Gasteiger partial charge is 0.404 e. The molecule has 0 aromatic heterocycles. The van der Waals surface area contributed by atoms with E-state index in [1.54, 1.807) is 6.92 Å². The highest BCUT2D eigenvalue weighted by atomic mass is 16.5. The molecule has 0 aliphatic carbocycles. The minimum absolute atomic E-state index is 0.0255. The number of rotatable bonds is 5. The molecule has 7 nitrogen and oxygen atoms in total. The Bertz CT molecular complexity index is 321. The van der Waals surface area contributed by atoms with Crippen molar-refractivity contribution in [3.05, 3.63) is 24.3 Å². The van der Waals surface area contributed by atoms with Crippen molar-refractivity contribution in [3.8, 4) is 0 Å². The van der Waals surface area contributed by atoms with Gasteiger partial charge in [-0.15, -0.1) is 0 Å². The number of carboxylic acids is 2. The zero-order valence-electron chi connectivity index (χ0n) is 9.38. The molecule has 96 valence electrons. The lowest BCUT2D eigenvalue weighted by Gasteiger charge is -1.90. The Morgan fingerprint density at radius 3 is 2.12 bits per heavy atom. The molecule has 0 bridgehead atoms. The number of carbonyl (C=O) groups is 3. The number of amides is 1. The predicted molar refractivity (Wildman–Crippen MR) is 59.4 cm³/mol. The highest BCUT2D eigenvalue weighted by Gasteiger charge is 1.99. The van der Waals surface area contributed by atoms with E-state index in [-0.39, 0.29) is 12.0 Å². The van der Waals surface area contributed by atoms with Crippen molar-refractivity contribution in [3.63, 3.8) is 0 Å². The van der Waals surface area contributed by atoms with Crippen molar-refractivity contribution in [1.29, 1.82) is 0 Å². The van der Waals surface area contributed by atoms with Gasteiger partial charge < -0.3 is 20.7 Å². The SMILES string of the molecule is C=C(CC=CC(=O)O)C(=O)O.CCOC(N)=O. The first-order chi connectivity index (χ1) is 7.81. The minimum atomic E-state index is -1.11. The number of nitrogens with two attached hydrogens (primary N) is 1. The molecular weight excluding hydrogens is 230 g/mol. The van der Waals surface area contributed by atoms with Crippen LogP contribution in [0.25, 0.3) is 0 Å². The van der Waals surface area contributed by atoms with Crippen molar-refractivity contribution in [2.75, 3.05) is 6.61 Å². The molecule has 4 N–H and O–H groups in total. The lowest BCUT2D eigenvalue weighted by atomic mass is 10.2. The topological polar surface area (TPSA) is 127 Å². The lowest BCUT2D eigenvalue weighted by molar-refractivity contribution is -0.133. The molecule has 0 saturated heterocycles. The number of primary amides is 1. The fourth-order valence-electron chi connectivity index (χ4n) is 0.532. The average molecular weight is 245 g/mol. The molecule has 0 aliphatic rings. The van der Waals surface area contributed by atoms with Gasteiger partial charge in [-0.25, -0.2) is 14.4 Å². The van der Waals surface area contributed by atoms with Crippen LogP contribution in [0.1, 0.15) is 13.3 Å². The fraction of sp³-hybridized carbons (Fsp3) is 0.300. The van der Waals surface area contributed by atoms with Crippen molar-refractivity contribution >= 4 is 18.0 Å². The summed E-state index contributed by atoms with van der Waals surface area (Å²) < 4.78 is 4.18. The molecule has 0 aromatic rings. The molecule has 17 heavy (non-hydrogen) atoms. The summed E-state index contributed by atoms with van der Waals surface area (Å²) in [6, 6.07) is 0. The first-order valence-electron chi connectivity index (χ1n) is 4.54. The van der Waals surface area contributed by atoms with Gasteiger partial charge in [-0.1, -0.05) is 12.7 Å². The van der Waals surface area contributed by atoms with Gasteiger partial charge in [0, 0.05) is 11.6 Å². The molecule has 1 amide bonds. The van der Waals surface area contributed by atoms with Crippen molar-refractivity contribution in [1.82, 2.24) is 0 Å². The average Bonchev–Trinajstić information content (AvgIpc) is 2.17. The fourth-order valence-corrected chi connectivity index (χ4v) is 0.532. The van der Waals surface area contributed by atoms with Crippen LogP contribution >= 0.6 is 0 Å². The van der Waals surface area contributed by atoms with Crippen molar-refractivity contribution in [2.45, 2.75) is 13.3 Å². The molecule has 0 fully saturated rings. The molecule has 0 unspecified atom stereocenters. The van der Waals surface area contributed by atoms with Gasteiger partial charge in [-0.2, -0.15) is 0 Å². The summed E-state index contributed by atoms with van der Waals surface area (Å²) in [5, 5.41) is 16.4. The standard InChI is InChI=1S/C7H8O4.C3H7NO2/c1-5(7(10)11)3-2-4-6(8)9;1-2-6-3(4)5/h2,4H,1,3H2,(H,8,9)(H,10,11);2H2,1H3,(H2,4,5). The van der Waals surface area contributed by atoms with E-state index in [4.69, 9.17) is 10.2 Å². The molecule has 0 rings (SSSR count). The third-order valence-electron chi connectivity index (χ3n) is 1.21. The third kappa shape index (κ3) is 16.4. The van der Waals surface area contributed by atoms with E-state index in [2.05, 4.69) is 17.0 Å². The summed E-state index contributed by atoms with van der Waals surface area (Å²) in [5.74, 6) is -2.21. The first kappa shape index (κ1) is 17.1. The van der Waals surface area contributed by atoms with Crippen LogP contribution in [0.4, 0.5) is 4.79 Å². The van der Waals surface area contributed by atoms with Crippen LogP contribution in [0.3, 0.4) is 0 Å². The lowest BCUT2D eigenvalue weighted by Crippen LogP contribution is -2.11. The second-order valence-corrected chi connectivity index (χ2v) is 2.61. The first-order valence-corrected chi connectivity index (χ1v) is 4.54. The van der Waals surface area contributed by atoms with E-state index in [0.29, 0.717) is 6.61 Å². The third-order valence-corrected chi connectivity index (χ3v) is 1.21. The van der Waals surface area contributed by atoms with E-state index in [1.807, 2.05) is 0 Å². The molecule has 0 heterocycles. The highest BCUT2D eigenvalue weighted by molar-refractivity contribution is 5.86. The number of ether oxygens (including phenoxy) is 1. The second kappa shape index (κ2) is 10.2. The zero-order chi connectivity index (χ0) is 13.8. The Kier molecular flexibility index (Phi) is 10.3. The maximum atomic E-state index is 10.1. The summed E-state index contributed by atoms with van der Waals surface area (Å²) in [7, 11) is 0. The number of carbonyl (C=O) groups excluding carboxylic acids is 1. The monoisotopic (exact) mass is 245 g/mol. The predicted octanol–water partition coefficient (Wildman–Crippen LogP) is 0.760. The summed E-state index contributed by atoms with van der Waals surface area (Å²) in [5.41, 5.74) is 4.52. The van der Waals surface area contributed by atoms with E-state index >= 15 is 0 Å². The van der Waals surface area contributed by atoms with Crippen LogP contribution in [0, 0.1) is 0 Å². The van der Waals surface area contributed by atoms with Gasteiger partial charge in [0.2, 0.25) is 0 Å². The second-order valence-electron chi connectivity index (χ2n) is 2.61. The van der Waals surface area contributed by atoms with Crippen LogP contribution in [0.15, 0.2) is 24.3 Å². The highest BCUT2D eigenvalue weighted by Crippen LogP contribution is 1.98. The number of hydrogen-bond acceptors (Lipinski definition) is 4. The van der Waals surface area contributed by atoms with E-state index in [1.165, 1.54) is 6.08 Å². The summed E-state index contributed by atoms with van der Waals surface area (Å²) in [6.07, 6.45) is 1.46. The maximum absolute atomic E-state index is 10.1. The van der Waals surface area contributed by atoms with Gasteiger partial charge in [-0.3, -0.25) is 0 Å².